The van der Waals surface area contributed by atoms with Crippen LogP contribution in [0.5, 0.6) is 0 Å². The van der Waals surface area contributed by atoms with E-state index >= 15 is 0 Å². The number of hydrogen-bond donors (Lipinski definition) is 7. The summed E-state index contributed by atoms with van der Waals surface area (Å²) in [6, 6.07) is 2.35. The quantitative estimate of drug-likeness (QED) is 0.131. The van der Waals surface area contributed by atoms with Crippen LogP contribution in [0, 0.1) is 0 Å². The largest absolute Gasteiger partial charge is 0.355 e. The van der Waals surface area contributed by atoms with E-state index in [2.05, 4.69) is 41.5 Å². The van der Waals surface area contributed by atoms with Gasteiger partial charge >= 0.3 is 0 Å². The fourth-order valence-electron chi connectivity index (χ4n) is 2.53. The number of carbonyl (C=O) groups is 2. The third-order valence-corrected chi connectivity index (χ3v) is 5.73. The molecule has 0 aliphatic carbocycles. The first-order valence-corrected chi connectivity index (χ1v) is 12.7. The van der Waals surface area contributed by atoms with E-state index in [1.54, 1.807) is 0 Å². The van der Waals surface area contributed by atoms with Gasteiger partial charge in [0.05, 0.1) is 10.6 Å². The fourth-order valence-corrected chi connectivity index (χ4v) is 3.66. The van der Waals surface area contributed by atoms with E-state index in [9.17, 15) is 35.5 Å². The molecule has 2 aromatic rings. The van der Waals surface area contributed by atoms with Gasteiger partial charge in [-0.3, -0.25) is 18.7 Å². The van der Waals surface area contributed by atoms with Crippen LogP contribution < -0.4 is 26.6 Å². The zero-order valence-electron chi connectivity index (χ0n) is 18.6. The first-order chi connectivity index (χ1) is 16.3. The van der Waals surface area contributed by atoms with E-state index in [0.717, 1.165) is 18.2 Å². The molecule has 0 unspecified atom stereocenters. The van der Waals surface area contributed by atoms with Gasteiger partial charge in [-0.15, -0.1) is 0 Å². The van der Waals surface area contributed by atoms with Crippen molar-refractivity contribution in [1.82, 2.24) is 25.6 Å². The highest BCUT2D eigenvalue weighted by Crippen LogP contribution is 2.27. The van der Waals surface area contributed by atoms with Crippen LogP contribution in [0.15, 0.2) is 28.0 Å². The number of anilines is 4. The van der Waals surface area contributed by atoms with Crippen molar-refractivity contribution in [2.75, 3.05) is 42.1 Å². The third kappa shape index (κ3) is 9.27. The first kappa shape index (κ1) is 27.6. The fraction of sp³-hybridized carbons (Fsp3) is 0.353. The molecule has 1 aromatic carbocycles. The molecule has 18 heteroatoms. The van der Waals surface area contributed by atoms with Gasteiger partial charge in [0.15, 0.2) is 0 Å². The van der Waals surface area contributed by atoms with E-state index in [1.165, 1.54) is 13.8 Å². The summed E-state index contributed by atoms with van der Waals surface area (Å²) >= 11 is 0. The van der Waals surface area contributed by atoms with Gasteiger partial charge in [-0.1, -0.05) is 0 Å². The minimum Gasteiger partial charge on any atom is -0.355 e. The van der Waals surface area contributed by atoms with Crippen molar-refractivity contribution in [3.05, 3.63) is 18.2 Å². The molecular weight excluding hydrogens is 508 g/mol. The highest BCUT2D eigenvalue weighted by atomic mass is 32.2. The van der Waals surface area contributed by atoms with Crippen molar-refractivity contribution in [3.63, 3.8) is 0 Å². The Morgan fingerprint density at radius 1 is 0.771 bits per heavy atom. The Hall–Kier alpha value is -3.61. The maximum Gasteiger partial charge on any atom is 0.296 e. The SMILES string of the molecule is CC(=O)NCCNc1nc(NCCNC(C)=O)nc(Nc2cc(S(=O)(=O)O)ccc2S(=O)(=O)O)n1. The maximum atomic E-state index is 11.8. The molecule has 16 nitrogen and oxygen atoms in total. The predicted octanol–water partition coefficient (Wildman–Crippen LogP) is -0.795. The number of aromatic nitrogens is 3. The molecule has 2 amide bonds. The number of nitrogens with zero attached hydrogens (tertiary/aromatic N) is 3. The molecule has 0 bridgehead atoms. The smallest absolute Gasteiger partial charge is 0.296 e. The van der Waals surface area contributed by atoms with Crippen LogP contribution >= 0.6 is 0 Å². The number of nitrogens with one attached hydrogen (secondary N) is 5. The standard InChI is InChI=1S/C17H24N8O8S2/c1-10(26)18-5-7-20-15-23-16(21-8-6-19-11(2)27)25-17(24-15)22-13-9-12(34(28,29)30)3-4-14(13)35(31,32)33/h3-4,9H,5-8H2,1-2H3,(H,18,26)(H,19,27)(H,28,29,30)(H,31,32,33)(H3,20,21,22,23,24,25). The van der Waals surface area contributed by atoms with E-state index < -0.39 is 35.7 Å². The normalized spacial score (nSPS) is 11.4. The Morgan fingerprint density at radius 2 is 1.26 bits per heavy atom. The summed E-state index contributed by atoms with van der Waals surface area (Å²) in [4.78, 5) is 32.9. The highest BCUT2D eigenvalue weighted by Gasteiger charge is 2.21. The number of hydrogen-bond acceptors (Lipinski definition) is 12. The van der Waals surface area contributed by atoms with Crippen LogP contribution in [0.25, 0.3) is 0 Å². The van der Waals surface area contributed by atoms with Crippen LogP contribution in [-0.2, 0) is 29.8 Å². The molecular formula is C17H24N8O8S2. The molecule has 35 heavy (non-hydrogen) atoms. The van der Waals surface area contributed by atoms with Crippen molar-refractivity contribution < 1.29 is 35.5 Å². The molecule has 1 aromatic heterocycles. The summed E-state index contributed by atoms with van der Waals surface area (Å²) in [5.41, 5.74) is -0.442. The Labute approximate surface area is 200 Å². The Morgan fingerprint density at radius 3 is 1.69 bits per heavy atom. The van der Waals surface area contributed by atoms with Gasteiger partial charge in [-0.05, 0) is 18.2 Å². The van der Waals surface area contributed by atoms with Gasteiger partial charge in [0.25, 0.3) is 20.2 Å². The van der Waals surface area contributed by atoms with Crippen LogP contribution in [0.2, 0.25) is 0 Å². The van der Waals surface area contributed by atoms with Gasteiger partial charge < -0.3 is 26.6 Å². The van der Waals surface area contributed by atoms with Crippen molar-refractivity contribution >= 4 is 55.6 Å². The molecule has 7 N–H and O–H groups in total. The van der Waals surface area contributed by atoms with Crippen LogP contribution in [0.3, 0.4) is 0 Å². The molecule has 0 aliphatic rings. The predicted molar refractivity (Wildman–Crippen MR) is 124 cm³/mol. The second-order valence-electron chi connectivity index (χ2n) is 6.86. The van der Waals surface area contributed by atoms with Gasteiger partial charge in [0.2, 0.25) is 29.7 Å². The minimum atomic E-state index is -4.81. The summed E-state index contributed by atoms with van der Waals surface area (Å²) in [7, 11) is -9.51. The maximum absolute atomic E-state index is 11.8. The van der Waals surface area contributed by atoms with Gasteiger partial charge in [0, 0.05) is 40.0 Å². The van der Waals surface area contributed by atoms with E-state index in [1.807, 2.05) is 0 Å². The average Bonchev–Trinajstić information content (AvgIpc) is 2.72. The first-order valence-electron chi connectivity index (χ1n) is 9.84. The van der Waals surface area contributed by atoms with Crippen molar-refractivity contribution in [1.29, 1.82) is 0 Å². The lowest BCUT2D eigenvalue weighted by molar-refractivity contribution is -0.119. The second-order valence-corrected chi connectivity index (χ2v) is 9.67. The third-order valence-electron chi connectivity index (χ3n) is 3.97. The molecule has 1 heterocycles. The average molecular weight is 533 g/mol. The topological polar surface area (TPSA) is 242 Å². The lowest BCUT2D eigenvalue weighted by atomic mass is 10.3. The van der Waals surface area contributed by atoms with Crippen molar-refractivity contribution in [2.24, 2.45) is 0 Å². The molecule has 0 spiro atoms. The molecule has 0 aliphatic heterocycles. The number of amides is 2. The lowest BCUT2D eigenvalue weighted by Gasteiger charge is -2.13. The molecule has 0 atom stereocenters. The Bertz CT molecular complexity index is 1260. The van der Waals surface area contributed by atoms with E-state index in [-0.39, 0.29) is 55.8 Å². The second kappa shape index (κ2) is 11.7. The molecule has 0 fully saturated rings. The summed E-state index contributed by atoms with van der Waals surface area (Å²) in [6.45, 7) is 3.58. The molecule has 192 valence electrons. The van der Waals surface area contributed by atoms with Crippen molar-refractivity contribution in [2.45, 2.75) is 23.6 Å². The van der Waals surface area contributed by atoms with Crippen molar-refractivity contribution in [3.8, 4) is 0 Å². The van der Waals surface area contributed by atoms with Gasteiger partial charge in [-0.2, -0.15) is 31.8 Å². The van der Waals surface area contributed by atoms with Crippen LogP contribution in [0.4, 0.5) is 23.5 Å². The van der Waals surface area contributed by atoms with Crippen LogP contribution in [0.1, 0.15) is 13.8 Å². The number of benzene rings is 1. The molecule has 2 rings (SSSR count). The lowest BCUT2D eigenvalue weighted by Crippen LogP contribution is -2.27. The zero-order chi connectivity index (χ0) is 26.2. The van der Waals surface area contributed by atoms with E-state index in [0.29, 0.717) is 0 Å². The summed E-state index contributed by atoms with van der Waals surface area (Å²) in [5.74, 6) is -0.770. The van der Waals surface area contributed by atoms with Gasteiger partial charge in [0.1, 0.15) is 4.90 Å². The Balaban J connectivity index is 2.39. The summed E-state index contributed by atoms with van der Waals surface area (Å²) in [6.07, 6.45) is 0. The summed E-state index contributed by atoms with van der Waals surface area (Å²) < 4.78 is 65.3. The van der Waals surface area contributed by atoms with Gasteiger partial charge in [-0.25, -0.2) is 0 Å². The highest BCUT2D eigenvalue weighted by molar-refractivity contribution is 7.86. The monoisotopic (exact) mass is 532 g/mol. The molecule has 0 radical (unpaired) electrons. The molecule has 0 saturated carbocycles. The number of carbonyl (C=O) groups excluding carboxylic acids is 2. The zero-order valence-corrected chi connectivity index (χ0v) is 20.2. The molecule has 0 saturated heterocycles. The summed E-state index contributed by atoms with van der Waals surface area (Å²) in [5, 5.41) is 13.3. The minimum absolute atomic E-state index is 0.00535. The number of rotatable bonds is 12. The van der Waals surface area contributed by atoms with E-state index in [4.69, 9.17) is 0 Å². The Kier molecular flexibility index (Phi) is 9.23. The van der Waals surface area contributed by atoms with Crippen LogP contribution in [-0.4, -0.2) is 78.9 Å².